The van der Waals surface area contributed by atoms with Crippen molar-refractivity contribution in [1.82, 2.24) is 36.4 Å². The molecule has 1 aromatic carbocycles. The Bertz CT molecular complexity index is 1870. The molecule has 3 aliphatic rings. The second-order valence-corrected chi connectivity index (χ2v) is 20.3. The molecule has 0 aromatic heterocycles. The molecule has 11 N–H and O–H groups in total. The normalized spacial score (nSPS) is 27.2. The van der Waals surface area contributed by atoms with Crippen molar-refractivity contribution in [2.45, 2.75) is 198 Å². The van der Waals surface area contributed by atoms with E-state index in [2.05, 4.69) is 47.4 Å². The highest BCUT2D eigenvalue weighted by Gasteiger charge is 2.46. The summed E-state index contributed by atoms with van der Waals surface area (Å²) in [6.07, 6.45) is 6.14. The zero-order valence-corrected chi connectivity index (χ0v) is 42.2. The lowest BCUT2D eigenvalue weighted by molar-refractivity contribution is -0.145. The van der Waals surface area contributed by atoms with Crippen LogP contribution in [0.2, 0.25) is 0 Å². The molecule has 70 heavy (non-hydrogen) atoms. The SMILES string of the molecule is CCC(C)CC(C)CCCCCCCCC(=O)NC1CCCNC(=O)C2C(O)CCN2C(=O)C(C(C)CCN)NC(=O)C(CCc2ccc(O)cc2)NC(=O)C2CC(O)CN2C(=O)C(C(C)O)NC1=O. The van der Waals surface area contributed by atoms with Crippen LogP contribution >= 0.6 is 0 Å². The summed E-state index contributed by atoms with van der Waals surface area (Å²) >= 11 is 0. The highest BCUT2D eigenvalue weighted by molar-refractivity contribution is 5.98. The molecule has 3 heterocycles. The fourth-order valence-electron chi connectivity index (χ4n) is 9.90. The predicted octanol–water partition coefficient (Wildman–Crippen LogP) is 1.66. The highest BCUT2D eigenvalue weighted by Crippen LogP contribution is 2.25. The van der Waals surface area contributed by atoms with E-state index in [1.807, 2.05) is 0 Å². The van der Waals surface area contributed by atoms with Crippen LogP contribution < -0.4 is 32.3 Å². The van der Waals surface area contributed by atoms with Crippen LogP contribution in [-0.4, -0.2) is 152 Å². The number of aryl methyl sites for hydroxylation is 1. The fourth-order valence-corrected chi connectivity index (χ4v) is 9.90. The summed E-state index contributed by atoms with van der Waals surface area (Å²) in [7, 11) is 0. The number of aromatic hydroxyl groups is 1. The van der Waals surface area contributed by atoms with Crippen LogP contribution in [0.15, 0.2) is 24.3 Å². The van der Waals surface area contributed by atoms with Crippen LogP contribution in [0.4, 0.5) is 0 Å². The molecule has 0 bridgehead atoms. The zero-order valence-electron chi connectivity index (χ0n) is 42.2. The molecule has 0 radical (unpaired) electrons. The molecule has 0 aliphatic carbocycles. The maximum absolute atomic E-state index is 14.5. The Morgan fingerprint density at radius 3 is 2.13 bits per heavy atom. The van der Waals surface area contributed by atoms with E-state index in [9.17, 15) is 54.0 Å². The van der Waals surface area contributed by atoms with E-state index in [1.165, 1.54) is 49.6 Å². The molecule has 3 aliphatic heterocycles. The first kappa shape index (κ1) is 57.7. The summed E-state index contributed by atoms with van der Waals surface area (Å²) in [5, 5.41) is 56.4. The van der Waals surface area contributed by atoms with Crippen molar-refractivity contribution in [3.63, 3.8) is 0 Å². The number of amides is 7. The Hall–Kier alpha value is -4.85. The van der Waals surface area contributed by atoms with Crippen LogP contribution in [0.1, 0.15) is 143 Å². The lowest BCUT2D eigenvalue weighted by Crippen LogP contribution is -2.61. The molecule has 4 rings (SSSR count). The Kier molecular flexibility index (Phi) is 23.8. The number of hydrogen-bond acceptors (Lipinski definition) is 12. The van der Waals surface area contributed by atoms with E-state index in [0.29, 0.717) is 24.3 Å². The minimum atomic E-state index is -1.61. The summed E-state index contributed by atoms with van der Waals surface area (Å²) in [5.74, 6) is -4.03. The number of fused-ring (bicyclic) bond motifs is 2. The first-order valence-electron chi connectivity index (χ1n) is 26.0. The molecule has 12 unspecified atom stereocenters. The lowest BCUT2D eigenvalue weighted by Gasteiger charge is -2.33. The number of rotatable bonds is 20. The number of nitrogens with zero attached hydrogens (tertiary/aromatic N) is 2. The van der Waals surface area contributed by atoms with Gasteiger partial charge < -0.3 is 62.5 Å². The Labute approximate surface area is 414 Å². The van der Waals surface area contributed by atoms with Crippen molar-refractivity contribution >= 4 is 41.4 Å². The summed E-state index contributed by atoms with van der Waals surface area (Å²) < 4.78 is 0. The molecular weight excluding hydrogens is 901 g/mol. The fraction of sp³-hybridized carbons (Fsp3) is 0.745. The maximum Gasteiger partial charge on any atom is 0.248 e. The minimum Gasteiger partial charge on any atom is -0.508 e. The van der Waals surface area contributed by atoms with Gasteiger partial charge in [-0.05, 0) is 100 Å². The van der Waals surface area contributed by atoms with E-state index < -0.39 is 102 Å². The number of benzene rings is 1. The second kappa shape index (κ2) is 28.9. The molecule has 19 nitrogen and oxygen atoms in total. The Morgan fingerprint density at radius 2 is 1.46 bits per heavy atom. The third kappa shape index (κ3) is 17.5. The monoisotopic (exact) mass is 985 g/mol. The Balaban J connectivity index is 1.58. The average molecular weight is 985 g/mol. The molecule has 394 valence electrons. The molecule has 3 saturated heterocycles. The first-order chi connectivity index (χ1) is 33.3. The molecule has 7 amide bonds. The van der Waals surface area contributed by atoms with Crippen LogP contribution in [0.5, 0.6) is 5.75 Å². The van der Waals surface area contributed by atoms with Crippen LogP contribution in [-0.2, 0) is 40.0 Å². The van der Waals surface area contributed by atoms with Gasteiger partial charge in [-0.1, -0.05) is 84.8 Å². The van der Waals surface area contributed by atoms with Gasteiger partial charge >= 0.3 is 0 Å². The van der Waals surface area contributed by atoms with Gasteiger partial charge in [-0.2, -0.15) is 0 Å². The van der Waals surface area contributed by atoms with Gasteiger partial charge in [0, 0.05) is 32.5 Å². The van der Waals surface area contributed by atoms with Gasteiger partial charge in [-0.3, -0.25) is 33.6 Å². The van der Waals surface area contributed by atoms with E-state index in [4.69, 9.17) is 5.73 Å². The number of hydrogen-bond donors (Lipinski definition) is 10. The molecule has 3 fully saturated rings. The van der Waals surface area contributed by atoms with E-state index in [1.54, 1.807) is 19.1 Å². The lowest BCUT2D eigenvalue weighted by atomic mass is 9.91. The summed E-state index contributed by atoms with van der Waals surface area (Å²) in [4.78, 5) is 101. The van der Waals surface area contributed by atoms with Gasteiger partial charge in [0.2, 0.25) is 41.4 Å². The predicted molar refractivity (Wildman–Crippen MR) is 263 cm³/mol. The number of nitrogens with one attached hydrogen (secondary N) is 5. The van der Waals surface area contributed by atoms with Crippen molar-refractivity contribution in [1.29, 1.82) is 0 Å². The molecule has 0 spiro atoms. The molecular formula is C51H84N8O11. The summed E-state index contributed by atoms with van der Waals surface area (Å²) in [5.41, 5.74) is 6.63. The van der Waals surface area contributed by atoms with Crippen LogP contribution in [0, 0.1) is 17.8 Å². The van der Waals surface area contributed by atoms with Crippen molar-refractivity contribution in [3.8, 4) is 5.75 Å². The molecule has 0 saturated carbocycles. The smallest absolute Gasteiger partial charge is 0.248 e. The van der Waals surface area contributed by atoms with Crippen molar-refractivity contribution in [3.05, 3.63) is 29.8 Å². The standard InChI is InChI=1S/C51H84N8O11/c1-6-31(2)28-32(3)14-11-9-7-8-10-12-16-42(64)54-38-15-13-26-53-49(68)45-41(63)24-27-58(45)50(69)43(33(4)23-25-52)56-47(66)39(22-19-35-17-20-36(61)21-18-35)55-48(67)40-29-37(62)30-59(40)51(70)44(34(5)60)57-46(38)65/h17-18,20-21,31-34,37-41,43-45,60-63H,6-16,19,22-30,52H2,1-5H3,(H,53,68)(H,54,64)(H,55,67)(H,56,66)(H,57,65). The van der Waals surface area contributed by atoms with Gasteiger partial charge in [0.15, 0.2) is 0 Å². The maximum atomic E-state index is 14.5. The van der Waals surface area contributed by atoms with Crippen LogP contribution in [0.25, 0.3) is 0 Å². The Morgan fingerprint density at radius 1 is 0.800 bits per heavy atom. The van der Waals surface area contributed by atoms with Crippen molar-refractivity contribution in [2.75, 3.05) is 26.2 Å². The van der Waals surface area contributed by atoms with Gasteiger partial charge in [0.1, 0.15) is 42.0 Å². The van der Waals surface area contributed by atoms with Crippen molar-refractivity contribution < 1.29 is 54.0 Å². The summed E-state index contributed by atoms with van der Waals surface area (Å²) in [6.45, 7) is 9.66. The second-order valence-electron chi connectivity index (χ2n) is 20.3. The number of carbonyl (C=O) groups is 7. The number of aliphatic hydroxyl groups excluding tert-OH is 3. The van der Waals surface area contributed by atoms with E-state index >= 15 is 0 Å². The highest BCUT2D eigenvalue weighted by atomic mass is 16.3. The topological polar surface area (TPSA) is 293 Å². The van der Waals surface area contributed by atoms with Gasteiger partial charge in [-0.25, -0.2) is 0 Å². The van der Waals surface area contributed by atoms with Crippen molar-refractivity contribution in [2.24, 2.45) is 23.5 Å². The third-order valence-corrected chi connectivity index (χ3v) is 14.3. The number of carbonyl (C=O) groups excluding carboxylic acids is 7. The quantitative estimate of drug-likeness (QED) is 0.0836. The van der Waals surface area contributed by atoms with Crippen LogP contribution in [0.3, 0.4) is 0 Å². The largest absolute Gasteiger partial charge is 0.508 e. The zero-order chi connectivity index (χ0) is 51.5. The number of unbranched alkanes of at least 4 members (excludes halogenated alkanes) is 5. The minimum absolute atomic E-state index is 0.00517. The van der Waals surface area contributed by atoms with E-state index in [0.717, 1.165) is 36.5 Å². The summed E-state index contributed by atoms with van der Waals surface area (Å²) in [6, 6.07) is -1.79. The number of phenolic OH excluding ortho intramolecular Hbond substituents is 1. The molecule has 12 atom stereocenters. The number of nitrogens with two attached hydrogens (primary N) is 1. The van der Waals surface area contributed by atoms with Gasteiger partial charge in [-0.15, -0.1) is 0 Å². The van der Waals surface area contributed by atoms with Gasteiger partial charge in [0.25, 0.3) is 0 Å². The molecule has 1 aromatic rings. The van der Waals surface area contributed by atoms with E-state index in [-0.39, 0.29) is 76.9 Å². The number of phenols is 1. The average Bonchev–Trinajstić information content (AvgIpc) is 3.92. The first-order valence-corrected chi connectivity index (χ1v) is 26.0. The number of aliphatic hydroxyl groups is 3. The van der Waals surface area contributed by atoms with Gasteiger partial charge in [0.05, 0.1) is 18.3 Å². The molecule has 19 heteroatoms. The third-order valence-electron chi connectivity index (χ3n) is 14.3.